The molecule has 0 saturated carbocycles. The van der Waals surface area contributed by atoms with Gasteiger partial charge in [0.1, 0.15) is 6.10 Å². The van der Waals surface area contributed by atoms with Crippen molar-refractivity contribution in [2.24, 2.45) is 0 Å². The summed E-state index contributed by atoms with van der Waals surface area (Å²) in [7, 11) is 0. The zero-order chi connectivity index (χ0) is 9.97. The molecular formula is C12H14O2. The van der Waals surface area contributed by atoms with Crippen LogP contribution in [0.5, 0.6) is 0 Å². The van der Waals surface area contributed by atoms with Crippen molar-refractivity contribution in [2.45, 2.75) is 32.0 Å². The van der Waals surface area contributed by atoms with Crippen molar-refractivity contribution in [1.29, 1.82) is 0 Å². The highest BCUT2D eigenvalue weighted by atomic mass is 16.6. The maximum absolute atomic E-state index is 10.9. The van der Waals surface area contributed by atoms with Gasteiger partial charge in [0.25, 0.3) is 0 Å². The molecule has 1 aliphatic heterocycles. The Morgan fingerprint density at radius 1 is 1.36 bits per heavy atom. The quantitative estimate of drug-likeness (QED) is 0.679. The highest BCUT2D eigenvalue weighted by Crippen LogP contribution is 2.27. The largest absolute Gasteiger partial charge is 0.361 e. The van der Waals surface area contributed by atoms with E-state index in [4.69, 9.17) is 4.74 Å². The van der Waals surface area contributed by atoms with Crippen molar-refractivity contribution in [3.63, 3.8) is 0 Å². The number of hydrogen-bond donors (Lipinski definition) is 0. The Balaban J connectivity index is 1.77. The number of aryl methyl sites for hydroxylation is 1. The highest BCUT2D eigenvalue weighted by molar-refractivity contribution is 5.83. The summed E-state index contributed by atoms with van der Waals surface area (Å²) in [6.07, 6.45) is 2.01. The molecule has 0 amide bonds. The van der Waals surface area contributed by atoms with Gasteiger partial charge < -0.3 is 4.74 Å². The fourth-order valence-electron chi connectivity index (χ4n) is 1.67. The number of carbonyl (C=O) groups is 1. The van der Waals surface area contributed by atoms with E-state index in [1.807, 2.05) is 18.2 Å². The zero-order valence-corrected chi connectivity index (χ0v) is 8.27. The van der Waals surface area contributed by atoms with Crippen molar-refractivity contribution in [1.82, 2.24) is 0 Å². The lowest BCUT2D eigenvalue weighted by atomic mass is 10.1. The second-order valence-electron chi connectivity index (χ2n) is 3.73. The molecule has 0 aromatic heterocycles. The number of ketones is 1. The van der Waals surface area contributed by atoms with E-state index in [1.165, 1.54) is 5.56 Å². The third-order valence-corrected chi connectivity index (χ3v) is 2.54. The van der Waals surface area contributed by atoms with E-state index >= 15 is 0 Å². The smallest absolute Gasteiger partial charge is 0.161 e. The molecule has 0 spiro atoms. The third-order valence-electron chi connectivity index (χ3n) is 2.54. The molecule has 2 nitrogen and oxygen atoms in total. The van der Waals surface area contributed by atoms with Crippen LogP contribution in [-0.4, -0.2) is 18.0 Å². The van der Waals surface area contributed by atoms with Crippen LogP contribution in [0.4, 0.5) is 0 Å². The molecule has 1 saturated heterocycles. The Bertz CT molecular complexity index is 318. The number of carbonyl (C=O) groups excluding carboxylic acids is 1. The molecule has 2 rings (SSSR count). The van der Waals surface area contributed by atoms with Crippen LogP contribution in [0.1, 0.15) is 18.9 Å². The zero-order valence-electron chi connectivity index (χ0n) is 8.27. The standard InChI is InChI=1S/C12H14O2/c1-9(13)12-11(14-12)8-7-10-5-3-2-4-6-10/h2-6,11-12H,7-8H2,1H3/t11-,12-/m0/s1. The van der Waals surface area contributed by atoms with E-state index in [0.717, 1.165) is 12.8 Å². The Labute approximate surface area is 83.9 Å². The maximum Gasteiger partial charge on any atom is 0.161 e. The lowest BCUT2D eigenvalue weighted by Gasteiger charge is -1.97. The molecule has 2 heteroatoms. The Hall–Kier alpha value is -1.15. The molecular weight excluding hydrogens is 176 g/mol. The SMILES string of the molecule is CC(=O)[C@@H]1O[C@H]1CCc1ccccc1. The molecule has 1 heterocycles. The van der Waals surface area contributed by atoms with Gasteiger partial charge in [-0.1, -0.05) is 30.3 Å². The van der Waals surface area contributed by atoms with Crippen LogP contribution in [0.15, 0.2) is 30.3 Å². The van der Waals surface area contributed by atoms with Gasteiger partial charge in [0.2, 0.25) is 0 Å². The van der Waals surface area contributed by atoms with Crippen LogP contribution in [0, 0.1) is 0 Å². The van der Waals surface area contributed by atoms with Gasteiger partial charge in [0.05, 0.1) is 6.10 Å². The van der Waals surface area contributed by atoms with Gasteiger partial charge in [0.15, 0.2) is 5.78 Å². The van der Waals surface area contributed by atoms with Gasteiger partial charge in [0, 0.05) is 0 Å². The first-order valence-corrected chi connectivity index (χ1v) is 4.97. The summed E-state index contributed by atoms with van der Waals surface area (Å²) < 4.78 is 5.25. The van der Waals surface area contributed by atoms with Gasteiger partial charge in [-0.3, -0.25) is 4.79 Å². The molecule has 74 valence electrons. The summed E-state index contributed by atoms with van der Waals surface area (Å²) in [5.74, 6) is 0.156. The predicted octanol–water partition coefficient (Wildman–Crippen LogP) is 1.98. The van der Waals surface area contributed by atoms with Gasteiger partial charge in [-0.2, -0.15) is 0 Å². The third kappa shape index (κ3) is 2.20. The lowest BCUT2D eigenvalue weighted by Crippen LogP contribution is -2.05. The van der Waals surface area contributed by atoms with Crippen LogP contribution >= 0.6 is 0 Å². The Morgan fingerprint density at radius 2 is 2.07 bits per heavy atom. The van der Waals surface area contributed by atoms with Gasteiger partial charge >= 0.3 is 0 Å². The summed E-state index contributed by atoms with van der Waals surface area (Å²) in [4.78, 5) is 10.9. The van der Waals surface area contributed by atoms with Crippen LogP contribution in [-0.2, 0) is 16.0 Å². The Kier molecular flexibility index (Phi) is 2.64. The highest BCUT2D eigenvalue weighted by Gasteiger charge is 2.41. The number of benzene rings is 1. The fourth-order valence-corrected chi connectivity index (χ4v) is 1.67. The average Bonchev–Trinajstić information content (AvgIpc) is 2.96. The first-order valence-electron chi connectivity index (χ1n) is 4.97. The fraction of sp³-hybridized carbons (Fsp3) is 0.417. The normalized spacial score (nSPS) is 24.6. The topological polar surface area (TPSA) is 29.6 Å². The number of Topliss-reactive ketones (excluding diaryl/α,β-unsaturated/α-hetero) is 1. The molecule has 0 unspecified atom stereocenters. The molecule has 14 heavy (non-hydrogen) atoms. The monoisotopic (exact) mass is 190 g/mol. The van der Waals surface area contributed by atoms with Crippen LogP contribution in [0.25, 0.3) is 0 Å². The first kappa shape index (κ1) is 9.41. The summed E-state index contributed by atoms with van der Waals surface area (Å²) in [6, 6.07) is 10.3. The Morgan fingerprint density at radius 3 is 2.64 bits per heavy atom. The molecule has 0 bridgehead atoms. The van der Waals surface area contributed by atoms with Crippen molar-refractivity contribution in [3.05, 3.63) is 35.9 Å². The minimum Gasteiger partial charge on any atom is -0.361 e. The first-order chi connectivity index (χ1) is 6.77. The van der Waals surface area contributed by atoms with E-state index in [1.54, 1.807) is 6.92 Å². The van der Waals surface area contributed by atoms with Gasteiger partial charge in [-0.15, -0.1) is 0 Å². The molecule has 2 atom stereocenters. The molecule has 0 radical (unpaired) electrons. The van der Waals surface area contributed by atoms with Crippen molar-refractivity contribution in [2.75, 3.05) is 0 Å². The second-order valence-corrected chi connectivity index (χ2v) is 3.73. The van der Waals surface area contributed by atoms with Crippen molar-refractivity contribution in [3.8, 4) is 0 Å². The molecule has 1 fully saturated rings. The van der Waals surface area contributed by atoms with Crippen molar-refractivity contribution >= 4 is 5.78 Å². The predicted molar refractivity (Wildman–Crippen MR) is 54.1 cm³/mol. The molecule has 1 aliphatic rings. The minimum absolute atomic E-state index is 0.112. The second kappa shape index (κ2) is 3.93. The number of epoxide rings is 1. The summed E-state index contributed by atoms with van der Waals surface area (Å²) in [6.45, 7) is 1.59. The summed E-state index contributed by atoms with van der Waals surface area (Å²) in [5.41, 5.74) is 1.31. The number of rotatable bonds is 4. The van der Waals surface area contributed by atoms with E-state index in [0.29, 0.717) is 0 Å². The van der Waals surface area contributed by atoms with Gasteiger partial charge in [-0.05, 0) is 25.3 Å². The van der Waals surface area contributed by atoms with Crippen molar-refractivity contribution < 1.29 is 9.53 Å². The molecule has 0 N–H and O–H groups in total. The lowest BCUT2D eigenvalue weighted by molar-refractivity contribution is -0.118. The maximum atomic E-state index is 10.9. The van der Waals surface area contributed by atoms with Crippen LogP contribution in [0.3, 0.4) is 0 Å². The molecule has 0 aliphatic carbocycles. The van der Waals surface area contributed by atoms with E-state index < -0.39 is 0 Å². The summed E-state index contributed by atoms with van der Waals surface area (Å²) >= 11 is 0. The molecule has 1 aromatic carbocycles. The van der Waals surface area contributed by atoms with E-state index in [-0.39, 0.29) is 18.0 Å². The van der Waals surface area contributed by atoms with E-state index in [9.17, 15) is 4.79 Å². The van der Waals surface area contributed by atoms with Crippen LogP contribution < -0.4 is 0 Å². The molecule has 1 aromatic rings. The summed E-state index contributed by atoms with van der Waals surface area (Å²) in [5, 5.41) is 0. The number of ether oxygens (including phenoxy) is 1. The van der Waals surface area contributed by atoms with Crippen LogP contribution in [0.2, 0.25) is 0 Å². The minimum atomic E-state index is -0.112. The van der Waals surface area contributed by atoms with E-state index in [2.05, 4.69) is 12.1 Å². The van der Waals surface area contributed by atoms with Gasteiger partial charge in [-0.25, -0.2) is 0 Å². The average molecular weight is 190 g/mol. The number of hydrogen-bond acceptors (Lipinski definition) is 2.